The summed E-state index contributed by atoms with van der Waals surface area (Å²) < 4.78 is 0. The second kappa shape index (κ2) is 6.50. The van der Waals surface area contributed by atoms with E-state index in [9.17, 15) is 9.90 Å². The zero-order valence-electron chi connectivity index (χ0n) is 11.3. The fourth-order valence-electron chi connectivity index (χ4n) is 2.34. The van der Waals surface area contributed by atoms with Gasteiger partial charge in [0.1, 0.15) is 0 Å². The van der Waals surface area contributed by atoms with Crippen molar-refractivity contribution in [2.24, 2.45) is 5.92 Å². The smallest absolute Gasteiger partial charge is 0.234 e. The van der Waals surface area contributed by atoms with Crippen molar-refractivity contribution >= 4 is 5.91 Å². The van der Waals surface area contributed by atoms with E-state index in [2.05, 4.69) is 15.1 Å². The van der Waals surface area contributed by atoms with E-state index in [0.717, 1.165) is 45.2 Å². The Morgan fingerprint density at radius 2 is 1.89 bits per heavy atom. The molecule has 0 aromatic rings. The number of hydrogen-bond acceptors (Lipinski definition) is 4. The Morgan fingerprint density at radius 3 is 2.44 bits per heavy atom. The predicted octanol–water partition coefficient (Wildman–Crippen LogP) is -0.489. The van der Waals surface area contributed by atoms with Crippen LogP contribution in [0.15, 0.2) is 0 Å². The first-order valence-corrected chi connectivity index (χ1v) is 7.03. The summed E-state index contributed by atoms with van der Waals surface area (Å²) in [4.78, 5) is 16.1. The number of carbonyl (C=O) groups excluding carboxylic acids is 1. The second-order valence-electron chi connectivity index (χ2n) is 5.67. The molecule has 0 spiro atoms. The van der Waals surface area contributed by atoms with Crippen molar-refractivity contribution < 1.29 is 9.90 Å². The van der Waals surface area contributed by atoms with E-state index in [1.165, 1.54) is 12.8 Å². The molecule has 0 bridgehead atoms. The third-order valence-electron chi connectivity index (χ3n) is 3.64. The van der Waals surface area contributed by atoms with Crippen molar-refractivity contribution in [3.63, 3.8) is 0 Å². The van der Waals surface area contributed by atoms with Gasteiger partial charge in [-0.1, -0.05) is 0 Å². The van der Waals surface area contributed by atoms with E-state index in [-0.39, 0.29) is 12.0 Å². The molecule has 1 unspecified atom stereocenters. The van der Waals surface area contributed by atoms with Crippen molar-refractivity contribution in [3.8, 4) is 0 Å². The minimum atomic E-state index is -0.265. The molecule has 2 aliphatic rings. The number of nitrogens with zero attached hydrogens (tertiary/aromatic N) is 2. The zero-order valence-corrected chi connectivity index (χ0v) is 11.3. The number of aliphatic hydroxyl groups excluding tert-OH is 1. The van der Waals surface area contributed by atoms with Gasteiger partial charge in [-0.2, -0.15) is 0 Å². The van der Waals surface area contributed by atoms with Crippen molar-refractivity contribution in [2.75, 3.05) is 45.8 Å². The van der Waals surface area contributed by atoms with E-state index in [0.29, 0.717) is 6.54 Å². The number of carbonyl (C=O) groups is 1. The molecule has 0 radical (unpaired) electrons. The maximum absolute atomic E-state index is 11.7. The van der Waals surface area contributed by atoms with E-state index in [4.69, 9.17) is 0 Å². The van der Waals surface area contributed by atoms with E-state index < -0.39 is 0 Å². The molecule has 0 aromatic heterocycles. The molecule has 1 amide bonds. The van der Waals surface area contributed by atoms with Gasteiger partial charge < -0.3 is 10.4 Å². The van der Waals surface area contributed by atoms with Crippen molar-refractivity contribution in [2.45, 2.75) is 25.9 Å². The number of amides is 1. The number of nitrogens with one attached hydrogen (secondary N) is 1. The molecule has 2 fully saturated rings. The van der Waals surface area contributed by atoms with E-state index >= 15 is 0 Å². The predicted molar refractivity (Wildman–Crippen MR) is 70.3 cm³/mol. The van der Waals surface area contributed by atoms with Crippen molar-refractivity contribution in [1.82, 2.24) is 15.1 Å². The average molecular weight is 255 g/mol. The molecular weight excluding hydrogens is 230 g/mol. The fraction of sp³-hybridized carbons (Fsp3) is 0.923. The molecule has 18 heavy (non-hydrogen) atoms. The summed E-state index contributed by atoms with van der Waals surface area (Å²) in [6.07, 6.45) is 2.29. The Labute approximate surface area is 109 Å². The van der Waals surface area contributed by atoms with Crippen LogP contribution in [0, 0.1) is 5.92 Å². The van der Waals surface area contributed by atoms with Gasteiger partial charge in [0.2, 0.25) is 5.91 Å². The fourth-order valence-corrected chi connectivity index (χ4v) is 2.34. The minimum absolute atomic E-state index is 0.158. The van der Waals surface area contributed by atoms with E-state index in [1.807, 2.05) is 6.92 Å². The van der Waals surface area contributed by atoms with Crippen LogP contribution in [-0.2, 0) is 4.79 Å². The largest absolute Gasteiger partial charge is 0.392 e. The lowest BCUT2D eigenvalue weighted by atomic mass is 10.2. The monoisotopic (exact) mass is 255 g/mol. The molecule has 104 valence electrons. The maximum atomic E-state index is 11.7. The molecule has 1 heterocycles. The van der Waals surface area contributed by atoms with Crippen LogP contribution in [0.25, 0.3) is 0 Å². The lowest BCUT2D eigenvalue weighted by molar-refractivity contribution is -0.122. The Balaban J connectivity index is 1.58. The van der Waals surface area contributed by atoms with Gasteiger partial charge in [-0.25, -0.2) is 0 Å². The summed E-state index contributed by atoms with van der Waals surface area (Å²) in [6, 6.07) is 0. The lowest BCUT2D eigenvalue weighted by Gasteiger charge is -2.34. The van der Waals surface area contributed by atoms with Gasteiger partial charge >= 0.3 is 0 Å². The van der Waals surface area contributed by atoms with Gasteiger partial charge in [-0.05, 0) is 25.7 Å². The van der Waals surface area contributed by atoms with Crippen LogP contribution < -0.4 is 5.32 Å². The molecule has 2 rings (SSSR count). The quantitative estimate of drug-likeness (QED) is 0.672. The van der Waals surface area contributed by atoms with Crippen molar-refractivity contribution in [3.05, 3.63) is 0 Å². The Hall–Kier alpha value is -0.650. The molecule has 5 nitrogen and oxygen atoms in total. The van der Waals surface area contributed by atoms with Gasteiger partial charge in [-0.15, -0.1) is 0 Å². The number of rotatable bonds is 6. The van der Waals surface area contributed by atoms with E-state index in [1.54, 1.807) is 0 Å². The number of β-amino-alcohol motifs (C(OH)–C–C–N with tert-alkyl or cyclic N) is 1. The molecule has 1 saturated heterocycles. The summed E-state index contributed by atoms with van der Waals surface area (Å²) in [5.41, 5.74) is 0. The Bertz CT molecular complexity index is 271. The molecule has 0 aromatic carbocycles. The topological polar surface area (TPSA) is 55.8 Å². The number of aliphatic hydroxyl groups is 1. The van der Waals surface area contributed by atoms with Gasteiger partial charge in [-0.3, -0.25) is 14.6 Å². The first-order valence-electron chi connectivity index (χ1n) is 7.03. The number of piperazine rings is 1. The highest BCUT2D eigenvalue weighted by Crippen LogP contribution is 2.27. The number of hydrogen-bond donors (Lipinski definition) is 2. The molecule has 5 heteroatoms. The van der Waals surface area contributed by atoms with Gasteiger partial charge in [0.05, 0.1) is 12.6 Å². The highest BCUT2D eigenvalue weighted by molar-refractivity contribution is 5.78. The van der Waals surface area contributed by atoms with Gasteiger partial charge in [0.25, 0.3) is 0 Å². The third-order valence-corrected chi connectivity index (χ3v) is 3.64. The maximum Gasteiger partial charge on any atom is 0.234 e. The van der Waals surface area contributed by atoms with Crippen LogP contribution in [-0.4, -0.2) is 72.7 Å². The first kappa shape index (κ1) is 13.8. The van der Waals surface area contributed by atoms with Crippen LogP contribution in [0.3, 0.4) is 0 Å². The first-order chi connectivity index (χ1) is 8.63. The molecule has 1 atom stereocenters. The van der Waals surface area contributed by atoms with Crippen LogP contribution in [0.1, 0.15) is 19.8 Å². The van der Waals surface area contributed by atoms with Crippen LogP contribution in [0.5, 0.6) is 0 Å². The average Bonchev–Trinajstić information content (AvgIpc) is 3.12. The molecular formula is C13H25N3O2. The highest BCUT2D eigenvalue weighted by Gasteiger charge is 2.23. The summed E-state index contributed by atoms with van der Waals surface area (Å²) in [5.74, 6) is 0.905. The van der Waals surface area contributed by atoms with Crippen LogP contribution >= 0.6 is 0 Å². The SMILES string of the molecule is CC(O)CN1CCN(CC(=O)NCC2CC2)CC1. The van der Waals surface area contributed by atoms with Gasteiger partial charge in [0.15, 0.2) is 0 Å². The summed E-state index contributed by atoms with van der Waals surface area (Å²) >= 11 is 0. The minimum Gasteiger partial charge on any atom is -0.392 e. The molecule has 1 saturated carbocycles. The third kappa shape index (κ3) is 4.92. The zero-order chi connectivity index (χ0) is 13.0. The summed E-state index contributed by atoms with van der Waals surface area (Å²) in [5, 5.41) is 12.3. The van der Waals surface area contributed by atoms with Crippen molar-refractivity contribution in [1.29, 1.82) is 0 Å². The molecule has 1 aliphatic heterocycles. The van der Waals surface area contributed by atoms with Crippen LogP contribution in [0.2, 0.25) is 0 Å². The Morgan fingerprint density at radius 1 is 1.28 bits per heavy atom. The molecule has 1 aliphatic carbocycles. The summed E-state index contributed by atoms with van der Waals surface area (Å²) in [7, 11) is 0. The molecule has 2 N–H and O–H groups in total. The lowest BCUT2D eigenvalue weighted by Crippen LogP contribution is -2.50. The highest BCUT2D eigenvalue weighted by atomic mass is 16.3. The second-order valence-corrected chi connectivity index (χ2v) is 5.67. The standard InChI is InChI=1S/C13H25N3O2/c1-11(17)9-15-4-6-16(7-5-15)10-13(18)14-8-12-2-3-12/h11-12,17H,2-10H2,1H3,(H,14,18). The summed E-state index contributed by atoms with van der Waals surface area (Å²) in [6.45, 7) is 7.67. The van der Waals surface area contributed by atoms with Crippen LogP contribution in [0.4, 0.5) is 0 Å². The normalized spacial score (nSPS) is 23.9. The van der Waals surface area contributed by atoms with Gasteiger partial charge in [0, 0.05) is 39.3 Å². The Kier molecular flexibility index (Phi) is 4.97.